The van der Waals surface area contributed by atoms with Crippen molar-refractivity contribution in [1.82, 2.24) is 10.3 Å². The molecule has 2 N–H and O–H groups in total. The normalized spacial score (nSPS) is 10.9. The maximum atomic E-state index is 12.8. The molecule has 4 aromatic carbocycles. The Kier molecular flexibility index (Phi) is 5.37. The van der Waals surface area contributed by atoms with Crippen LogP contribution in [0, 0.1) is 0 Å². The largest absolute Gasteiger partial charge is 0.436 e. The van der Waals surface area contributed by atoms with E-state index in [4.69, 9.17) is 4.42 Å². The standard InChI is InChI=1S/C27H21N3O2/c31-27(30-25(19-9-3-1-4-10-19)20-11-5-2-6-12-20)28-22-17-15-21(16-18-22)26-29-23-13-7-8-14-24(23)32-26/h1-18,25H,(H2,28,30,31). The molecule has 5 heteroatoms. The van der Waals surface area contributed by atoms with Crippen LogP contribution in [-0.2, 0) is 0 Å². The van der Waals surface area contributed by atoms with Gasteiger partial charge in [0.25, 0.3) is 0 Å². The first-order valence-electron chi connectivity index (χ1n) is 10.4. The summed E-state index contributed by atoms with van der Waals surface area (Å²) in [6.45, 7) is 0. The van der Waals surface area contributed by atoms with Gasteiger partial charge in [-0.1, -0.05) is 72.8 Å². The molecule has 0 aliphatic heterocycles. The number of carbonyl (C=O) groups excluding carboxylic acids is 1. The molecule has 32 heavy (non-hydrogen) atoms. The van der Waals surface area contributed by atoms with E-state index in [-0.39, 0.29) is 12.1 Å². The summed E-state index contributed by atoms with van der Waals surface area (Å²) in [5, 5.41) is 6.00. The van der Waals surface area contributed by atoms with Crippen LogP contribution in [0.1, 0.15) is 17.2 Å². The van der Waals surface area contributed by atoms with Crippen molar-refractivity contribution in [2.75, 3.05) is 5.32 Å². The number of fused-ring (bicyclic) bond motifs is 1. The fourth-order valence-electron chi connectivity index (χ4n) is 3.64. The highest BCUT2D eigenvalue weighted by molar-refractivity contribution is 5.90. The molecule has 5 aromatic rings. The number of aromatic nitrogens is 1. The smallest absolute Gasteiger partial charge is 0.319 e. The number of nitrogens with one attached hydrogen (secondary N) is 2. The van der Waals surface area contributed by atoms with Crippen LogP contribution >= 0.6 is 0 Å². The first kappa shape index (κ1) is 19.6. The molecule has 5 rings (SSSR count). The summed E-state index contributed by atoms with van der Waals surface area (Å²) in [5.74, 6) is 0.551. The van der Waals surface area contributed by atoms with Crippen LogP contribution in [-0.4, -0.2) is 11.0 Å². The van der Waals surface area contributed by atoms with E-state index in [0.29, 0.717) is 11.6 Å². The zero-order valence-electron chi connectivity index (χ0n) is 17.2. The van der Waals surface area contributed by atoms with Gasteiger partial charge in [-0.2, -0.15) is 0 Å². The molecule has 0 fully saturated rings. The van der Waals surface area contributed by atoms with Gasteiger partial charge in [-0.3, -0.25) is 0 Å². The first-order chi connectivity index (χ1) is 15.8. The van der Waals surface area contributed by atoms with Crippen molar-refractivity contribution in [2.24, 2.45) is 0 Å². The number of carbonyl (C=O) groups is 1. The Balaban J connectivity index is 1.31. The number of hydrogen-bond donors (Lipinski definition) is 2. The molecule has 1 heterocycles. The zero-order chi connectivity index (χ0) is 21.8. The summed E-state index contributed by atoms with van der Waals surface area (Å²) in [6.07, 6.45) is 0. The summed E-state index contributed by atoms with van der Waals surface area (Å²) in [4.78, 5) is 17.3. The molecule has 0 atom stereocenters. The summed E-state index contributed by atoms with van der Waals surface area (Å²) >= 11 is 0. The monoisotopic (exact) mass is 419 g/mol. The Labute approximate surface area is 185 Å². The van der Waals surface area contributed by atoms with Gasteiger partial charge in [0.2, 0.25) is 5.89 Å². The molecule has 0 saturated heterocycles. The van der Waals surface area contributed by atoms with Gasteiger partial charge in [0, 0.05) is 11.3 Å². The number of oxazole rings is 1. The molecule has 0 aliphatic rings. The third kappa shape index (κ3) is 4.23. The molecule has 156 valence electrons. The van der Waals surface area contributed by atoms with E-state index in [0.717, 1.165) is 27.8 Å². The Morgan fingerprint density at radius 2 is 1.31 bits per heavy atom. The molecule has 0 radical (unpaired) electrons. The minimum absolute atomic E-state index is 0.253. The highest BCUT2D eigenvalue weighted by Gasteiger charge is 2.16. The third-order valence-electron chi connectivity index (χ3n) is 5.22. The highest BCUT2D eigenvalue weighted by Crippen LogP contribution is 2.26. The van der Waals surface area contributed by atoms with Crippen molar-refractivity contribution in [3.8, 4) is 11.5 Å². The van der Waals surface area contributed by atoms with Crippen molar-refractivity contribution in [3.63, 3.8) is 0 Å². The summed E-state index contributed by atoms with van der Waals surface area (Å²) in [5.41, 5.74) is 5.12. The predicted octanol–water partition coefficient (Wildman–Crippen LogP) is 6.41. The number of benzene rings is 4. The topological polar surface area (TPSA) is 67.2 Å². The van der Waals surface area contributed by atoms with Crippen LogP contribution in [0.2, 0.25) is 0 Å². The Bertz CT molecular complexity index is 1260. The SMILES string of the molecule is O=C(Nc1ccc(-c2nc3ccccc3o2)cc1)NC(c1ccccc1)c1ccccc1. The molecule has 0 aliphatic carbocycles. The minimum atomic E-state index is -0.280. The van der Waals surface area contributed by atoms with Crippen molar-refractivity contribution in [2.45, 2.75) is 6.04 Å². The van der Waals surface area contributed by atoms with Gasteiger partial charge in [0.05, 0.1) is 6.04 Å². The maximum absolute atomic E-state index is 12.8. The first-order valence-corrected chi connectivity index (χ1v) is 10.4. The molecular formula is C27H21N3O2. The van der Waals surface area contributed by atoms with E-state index in [2.05, 4.69) is 15.6 Å². The van der Waals surface area contributed by atoms with E-state index in [9.17, 15) is 4.79 Å². The number of hydrogen-bond acceptors (Lipinski definition) is 3. The summed E-state index contributed by atoms with van der Waals surface area (Å²) in [6, 6.07) is 34.4. The summed E-state index contributed by atoms with van der Waals surface area (Å²) < 4.78 is 5.81. The van der Waals surface area contributed by atoms with E-state index in [1.807, 2.05) is 109 Å². The average molecular weight is 419 g/mol. The van der Waals surface area contributed by atoms with Gasteiger partial charge in [-0.25, -0.2) is 9.78 Å². The molecule has 1 aromatic heterocycles. The van der Waals surface area contributed by atoms with E-state index >= 15 is 0 Å². The van der Waals surface area contributed by atoms with Crippen LogP contribution in [0.25, 0.3) is 22.6 Å². The van der Waals surface area contributed by atoms with Crippen LogP contribution in [0.4, 0.5) is 10.5 Å². The van der Waals surface area contributed by atoms with Crippen molar-refractivity contribution in [3.05, 3.63) is 120 Å². The second kappa shape index (κ2) is 8.78. The molecule has 0 saturated carbocycles. The zero-order valence-corrected chi connectivity index (χ0v) is 17.2. The fourth-order valence-corrected chi connectivity index (χ4v) is 3.64. The summed E-state index contributed by atoms with van der Waals surface area (Å²) in [7, 11) is 0. The maximum Gasteiger partial charge on any atom is 0.319 e. The lowest BCUT2D eigenvalue weighted by Crippen LogP contribution is -2.33. The van der Waals surface area contributed by atoms with E-state index in [1.54, 1.807) is 0 Å². The Hall–Kier alpha value is -4.38. The second-order valence-electron chi connectivity index (χ2n) is 7.42. The molecule has 0 spiro atoms. The number of rotatable bonds is 5. The third-order valence-corrected chi connectivity index (χ3v) is 5.22. The van der Waals surface area contributed by atoms with Gasteiger partial charge in [-0.15, -0.1) is 0 Å². The van der Waals surface area contributed by atoms with Gasteiger partial charge in [0.1, 0.15) is 5.52 Å². The molecular weight excluding hydrogens is 398 g/mol. The van der Waals surface area contributed by atoms with Crippen LogP contribution in [0.15, 0.2) is 114 Å². The van der Waals surface area contributed by atoms with Crippen LogP contribution < -0.4 is 10.6 Å². The quantitative estimate of drug-likeness (QED) is 0.346. The number of nitrogens with zero attached hydrogens (tertiary/aromatic N) is 1. The van der Waals surface area contributed by atoms with Crippen molar-refractivity contribution >= 4 is 22.8 Å². The predicted molar refractivity (Wildman–Crippen MR) is 126 cm³/mol. The van der Waals surface area contributed by atoms with Gasteiger partial charge >= 0.3 is 6.03 Å². The molecule has 0 bridgehead atoms. The Morgan fingerprint density at radius 3 is 1.94 bits per heavy atom. The lowest BCUT2D eigenvalue weighted by Gasteiger charge is -2.20. The molecule has 2 amide bonds. The fraction of sp³-hybridized carbons (Fsp3) is 0.0370. The van der Waals surface area contributed by atoms with Crippen LogP contribution in [0.3, 0.4) is 0 Å². The number of amides is 2. The second-order valence-corrected chi connectivity index (χ2v) is 7.42. The van der Waals surface area contributed by atoms with E-state index < -0.39 is 0 Å². The van der Waals surface area contributed by atoms with Gasteiger partial charge < -0.3 is 15.1 Å². The average Bonchev–Trinajstić information content (AvgIpc) is 3.28. The van der Waals surface area contributed by atoms with Crippen molar-refractivity contribution < 1.29 is 9.21 Å². The molecule has 5 nitrogen and oxygen atoms in total. The number of para-hydroxylation sites is 2. The van der Waals surface area contributed by atoms with Gasteiger partial charge in [0.15, 0.2) is 5.58 Å². The lowest BCUT2D eigenvalue weighted by molar-refractivity contribution is 0.250. The minimum Gasteiger partial charge on any atom is -0.436 e. The van der Waals surface area contributed by atoms with Crippen LogP contribution in [0.5, 0.6) is 0 Å². The van der Waals surface area contributed by atoms with Crippen molar-refractivity contribution in [1.29, 1.82) is 0 Å². The highest BCUT2D eigenvalue weighted by atomic mass is 16.3. The Morgan fingerprint density at radius 1 is 0.719 bits per heavy atom. The number of anilines is 1. The van der Waals surface area contributed by atoms with E-state index in [1.165, 1.54) is 0 Å². The lowest BCUT2D eigenvalue weighted by atomic mass is 9.99. The molecule has 0 unspecified atom stereocenters. The van der Waals surface area contributed by atoms with Gasteiger partial charge in [-0.05, 0) is 47.5 Å². The number of urea groups is 1.